The van der Waals surface area contributed by atoms with Gasteiger partial charge in [-0.25, -0.2) is 8.78 Å². The predicted molar refractivity (Wildman–Crippen MR) is 83.9 cm³/mol. The number of amides is 1. The SMILES string of the molecule is O=C(CNC12CC3CC(CC(C3)C1)C2)Nc1cc(F)ccc1F. The fourth-order valence-electron chi connectivity index (χ4n) is 5.38. The topological polar surface area (TPSA) is 41.1 Å². The Balaban J connectivity index is 1.37. The minimum absolute atomic E-state index is 0.0899. The van der Waals surface area contributed by atoms with Gasteiger partial charge in [-0.2, -0.15) is 0 Å². The molecule has 0 radical (unpaired) electrons. The van der Waals surface area contributed by atoms with Crippen LogP contribution in [-0.4, -0.2) is 18.0 Å². The lowest BCUT2D eigenvalue weighted by atomic mass is 9.53. The maximum Gasteiger partial charge on any atom is 0.238 e. The third-order valence-electron chi connectivity index (χ3n) is 5.86. The molecule has 4 aliphatic carbocycles. The first-order valence-electron chi connectivity index (χ1n) is 8.51. The number of carbonyl (C=O) groups excluding carboxylic acids is 1. The van der Waals surface area contributed by atoms with E-state index in [2.05, 4.69) is 10.6 Å². The van der Waals surface area contributed by atoms with E-state index in [1.54, 1.807) is 0 Å². The molecule has 2 N–H and O–H groups in total. The summed E-state index contributed by atoms with van der Waals surface area (Å²) in [5.74, 6) is 0.919. The van der Waals surface area contributed by atoms with Crippen molar-refractivity contribution in [3.8, 4) is 0 Å². The standard InChI is InChI=1S/C18H22F2N2O/c19-14-1-2-15(20)16(6-14)22-17(23)10-21-18-7-11-3-12(8-18)5-13(4-11)9-18/h1-2,6,11-13,21H,3-5,7-10H2,(H,22,23). The Labute approximate surface area is 134 Å². The Hall–Kier alpha value is -1.49. The van der Waals surface area contributed by atoms with Gasteiger partial charge in [-0.3, -0.25) is 4.79 Å². The number of hydrogen-bond acceptors (Lipinski definition) is 2. The molecule has 23 heavy (non-hydrogen) atoms. The lowest BCUT2D eigenvalue weighted by Gasteiger charge is -2.57. The summed E-state index contributed by atoms with van der Waals surface area (Å²) in [6.45, 7) is 0.155. The minimum Gasteiger partial charge on any atom is -0.322 e. The second-order valence-corrected chi connectivity index (χ2v) is 7.72. The van der Waals surface area contributed by atoms with Crippen molar-refractivity contribution < 1.29 is 13.6 Å². The van der Waals surface area contributed by atoms with Crippen LogP contribution in [0.3, 0.4) is 0 Å². The van der Waals surface area contributed by atoms with Crippen LogP contribution in [-0.2, 0) is 4.79 Å². The zero-order valence-electron chi connectivity index (χ0n) is 13.1. The fourth-order valence-corrected chi connectivity index (χ4v) is 5.38. The van der Waals surface area contributed by atoms with Gasteiger partial charge in [0.2, 0.25) is 5.91 Å². The molecule has 1 amide bonds. The number of nitrogens with one attached hydrogen (secondary N) is 2. The van der Waals surface area contributed by atoms with Crippen molar-refractivity contribution in [3.05, 3.63) is 29.8 Å². The molecule has 0 aromatic heterocycles. The maximum atomic E-state index is 13.6. The summed E-state index contributed by atoms with van der Waals surface area (Å²) >= 11 is 0. The molecule has 5 heteroatoms. The smallest absolute Gasteiger partial charge is 0.238 e. The van der Waals surface area contributed by atoms with Crippen LogP contribution in [0.1, 0.15) is 38.5 Å². The Bertz CT molecular complexity index is 596. The lowest BCUT2D eigenvalue weighted by Crippen LogP contribution is -2.59. The zero-order valence-corrected chi connectivity index (χ0v) is 13.1. The summed E-state index contributed by atoms with van der Waals surface area (Å²) < 4.78 is 26.7. The number of halogens is 2. The molecule has 4 saturated carbocycles. The van der Waals surface area contributed by atoms with Crippen molar-refractivity contribution in [3.63, 3.8) is 0 Å². The quantitative estimate of drug-likeness (QED) is 0.892. The molecule has 4 fully saturated rings. The summed E-state index contributed by atoms with van der Waals surface area (Å²) in [6, 6.07) is 3.08. The molecule has 4 aliphatic rings. The second kappa shape index (κ2) is 5.55. The van der Waals surface area contributed by atoms with Gasteiger partial charge in [0.25, 0.3) is 0 Å². The van der Waals surface area contributed by atoms with Gasteiger partial charge >= 0.3 is 0 Å². The van der Waals surface area contributed by atoms with Crippen LogP contribution in [0.4, 0.5) is 14.5 Å². The van der Waals surface area contributed by atoms with E-state index in [-0.39, 0.29) is 23.7 Å². The third-order valence-corrected chi connectivity index (χ3v) is 5.86. The van der Waals surface area contributed by atoms with E-state index in [4.69, 9.17) is 0 Å². The first kappa shape index (κ1) is 15.1. The van der Waals surface area contributed by atoms with E-state index in [1.165, 1.54) is 19.3 Å². The van der Waals surface area contributed by atoms with E-state index in [1.807, 2.05) is 0 Å². The summed E-state index contributed by atoms with van der Waals surface area (Å²) in [5, 5.41) is 5.92. The molecule has 5 rings (SSSR count). The van der Waals surface area contributed by atoms with Crippen molar-refractivity contribution in [1.82, 2.24) is 5.32 Å². The molecule has 0 unspecified atom stereocenters. The van der Waals surface area contributed by atoms with Gasteiger partial charge in [0.1, 0.15) is 11.6 Å². The lowest BCUT2D eigenvalue weighted by molar-refractivity contribution is -0.116. The van der Waals surface area contributed by atoms with Crippen LogP contribution in [0.15, 0.2) is 18.2 Å². The van der Waals surface area contributed by atoms with Crippen LogP contribution in [0.2, 0.25) is 0 Å². The van der Waals surface area contributed by atoms with Gasteiger partial charge in [-0.05, 0) is 68.4 Å². The van der Waals surface area contributed by atoms with E-state index < -0.39 is 11.6 Å². The molecule has 3 nitrogen and oxygen atoms in total. The highest BCUT2D eigenvalue weighted by Crippen LogP contribution is 2.55. The molecule has 1 aromatic rings. The van der Waals surface area contributed by atoms with Gasteiger partial charge < -0.3 is 10.6 Å². The summed E-state index contributed by atoms with van der Waals surface area (Å²) in [5.41, 5.74) is -0.00523. The number of hydrogen-bond donors (Lipinski definition) is 2. The van der Waals surface area contributed by atoms with E-state index in [0.29, 0.717) is 0 Å². The molecule has 4 bridgehead atoms. The molecule has 1 aromatic carbocycles. The van der Waals surface area contributed by atoms with Crippen molar-refractivity contribution in [1.29, 1.82) is 0 Å². The van der Waals surface area contributed by atoms with Crippen LogP contribution in [0.5, 0.6) is 0 Å². The minimum atomic E-state index is -0.616. The molecular weight excluding hydrogens is 298 g/mol. The number of rotatable bonds is 4. The molecule has 124 valence electrons. The van der Waals surface area contributed by atoms with Crippen LogP contribution < -0.4 is 10.6 Å². The summed E-state index contributed by atoms with van der Waals surface area (Å²) in [4.78, 5) is 12.1. The monoisotopic (exact) mass is 320 g/mol. The van der Waals surface area contributed by atoms with Crippen molar-refractivity contribution >= 4 is 11.6 Å². The van der Waals surface area contributed by atoms with Gasteiger partial charge in [0.15, 0.2) is 0 Å². The normalized spacial score (nSPS) is 34.6. The van der Waals surface area contributed by atoms with Crippen molar-refractivity contribution in [2.75, 3.05) is 11.9 Å². The van der Waals surface area contributed by atoms with Crippen LogP contribution >= 0.6 is 0 Å². The Morgan fingerprint density at radius 2 is 1.70 bits per heavy atom. The Morgan fingerprint density at radius 3 is 2.30 bits per heavy atom. The zero-order chi connectivity index (χ0) is 16.0. The highest BCUT2D eigenvalue weighted by Gasteiger charge is 2.50. The van der Waals surface area contributed by atoms with E-state index in [9.17, 15) is 13.6 Å². The van der Waals surface area contributed by atoms with E-state index in [0.717, 1.165) is 55.2 Å². The molecular formula is C18H22F2N2O. The van der Waals surface area contributed by atoms with Gasteiger partial charge in [0.05, 0.1) is 12.2 Å². The third kappa shape index (κ3) is 2.99. The maximum absolute atomic E-state index is 13.6. The second-order valence-electron chi connectivity index (χ2n) is 7.72. The highest BCUT2D eigenvalue weighted by molar-refractivity contribution is 5.92. The van der Waals surface area contributed by atoms with Gasteiger partial charge in [0, 0.05) is 11.6 Å². The van der Waals surface area contributed by atoms with Crippen molar-refractivity contribution in [2.45, 2.75) is 44.1 Å². The average molecular weight is 320 g/mol. The molecule has 0 atom stereocenters. The van der Waals surface area contributed by atoms with Crippen LogP contribution in [0.25, 0.3) is 0 Å². The average Bonchev–Trinajstić information content (AvgIpc) is 2.48. The fraction of sp³-hybridized carbons (Fsp3) is 0.611. The van der Waals surface area contributed by atoms with Crippen molar-refractivity contribution in [2.24, 2.45) is 17.8 Å². The number of carbonyl (C=O) groups is 1. The largest absolute Gasteiger partial charge is 0.322 e. The first-order chi connectivity index (χ1) is 11.0. The number of benzene rings is 1. The molecule has 0 spiro atoms. The molecule has 0 saturated heterocycles. The van der Waals surface area contributed by atoms with Gasteiger partial charge in [-0.15, -0.1) is 0 Å². The molecule has 0 heterocycles. The first-order valence-corrected chi connectivity index (χ1v) is 8.51. The molecule has 0 aliphatic heterocycles. The van der Waals surface area contributed by atoms with Crippen LogP contribution in [0, 0.1) is 29.4 Å². The summed E-state index contributed by atoms with van der Waals surface area (Å²) in [6.07, 6.45) is 7.51. The highest BCUT2D eigenvalue weighted by atomic mass is 19.1. The van der Waals surface area contributed by atoms with Gasteiger partial charge in [-0.1, -0.05) is 0 Å². The Morgan fingerprint density at radius 1 is 1.09 bits per heavy atom. The predicted octanol–water partition coefficient (Wildman–Crippen LogP) is 3.46. The van der Waals surface area contributed by atoms with E-state index >= 15 is 0 Å². The Kier molecular flexibility index (Phi) is 3.63. The summed E-state index contributed by atoms with van der Waals surface area (Å²) in [7, 11) is 0. The number of anilines is 1.